The summed E-state index contributed by atoms with van der Waals surface area (Å²) in [5.74, 6) is 0. The van der Waals surface area contributed by atoms with Gasteiger partial charge in [-0.05, 0) is 13.3 Å². The molecule has 0 aromatic heterocycles. The summed E-state index contributed by atoms with van der Waals surface area (Å²) in [6, 6.07) is 0. The number of hydrogen-bond donors (Lipinski definition) is 2. The Kier molecular flexibility index (Phi) is 13.8. The summed E-state index contributed by atoms with van der Waals surface area (Å²) in [5, 5.41) is 0. The topological polar surface area (TPSA) is 76.0 Å². The predicted octanol–water partition coefficient (Wildman–Crippen LogP) is 4.77. The van der Waals surface area contributed by atoms with E-state index in [9.17, 15) is 4.57 Å². The summed E-state index contributed by atoms with van der Waals surface area (Å²) in [5.41, 5.74) is 0. The minimum atomic E-state index is -4.43. The highest BCUT2D eigenvalue weighted by Gasteiger charge is 2.18. The van der Waals surface area contributed by atoms with Crippen molar-refractivity contribution < 1.29 is 23.6 Å². The van der Waals surface area contributed by atoms with E-state index in [-0.39, 0.29) is 0 Å². The monoisotopic (exact) mass is 324 g/mol. The van der Waals surface area contributed by atoms with E-state index >= 15 is 0 Å². The lowest BCUT2D eigenvalue weighted by molar-refractivity contribution is -0.0802. The third kappa shape index (κ3) is 18.0. The number of phosphoric acid groups is 1. The van der Waals surface area contributed by atoms with E-state index in [1.54, 1.807) is 0 Å². The second kappa shape index (κ2) is 13.7. The molecule has 0 aliphatic carbocycles. The molecule has 128 valence electrons. The molecule has 0 amide bonds. The Bertz CT molecular complexity index is 267. The molecule has 5 nitrogen and oxygen atoms in total. The summed E-state index contributed by atoms with van der Waals surface area (Å²) in [7, 11) is -4.43. The number of rotatable bonds is 15. The van der Waals surface area contributed by atoms with Crippen LogP contribution in [0.3, 0.4) is 0 Å². The molecule has 0 aliphatic heterocycles. The smallest absolute Gasteiger partial charge is 0.352 e. The van der Waals surface area contributed by atoms with Crippen LogP contribution in [0.15, 0.2) is 0 Å². The van der Waals surface area contributed by atoms with Gasteiger partial charge in [-0.2, -0.15) is 0 Å². The number of hydrogen-bond acceptors (Lipinski definition) is 3. The molecule has 1 atom stereocenters. The predicted molar refractivity (Wildman–Crippen MR) is 85.0 cm³/mol. The van der Waals surface area contributed by atoms with Gasteiger partial charge in [0.15, 0.2) is 6.29 Å². The first-order valence-electron chi connectivity index (χ1n) is 8.31. The van der Waals surface area contributed by atoms with E-state index in [0.717, 1.165) is 12.8 Å². The maximum absolute atomic E-state index is 10.6. The van der Waals surface area contributed by atoms with Crippen molar-refractivity contribution in [1.82, 2.24) is 0 Å². The van der Waals surface area contributed by atoms with Gasteiger partial charge in [0.05, 0.1) is 0 Å². The second-order valence-corrected chi connectivity index (χ2v) is 6.76. The van der Waals surface area contributed by atoms with Gasteiger partial charge in [-0.3, -0.25) is 4.52 Å². The molecule has 1 unspecified atom stereocenters. The Hall–Kier alpha value is 0.0700. The molecule has 0 saturated heterocycles. The van der Waals surface area contributed by atoms with Gasteiger partial charge < -0.3 is 14.5 Å². The van der Waals surface area contributed by atoms with Crippen molar-refractivity contribution in [3.8, 4) is 0 Å². The lowest BCUT2D eigenvalue weighted by Crippen LogP contribution is -2.12. The summed E-state index contributed by atoms with van der Waals surface area (Å²) < 4.78 is 20.1. The van der Waals surface area contributed by atoms with E-state index in [1.807, 2.05) is 0 Å². The molecule has 0 fully saturated rings. The quantitative estimate of drug-likeness (QED) is 0.258. The summed E-state index contributed by atoms with van der Waals surface area (Å²) in [6.07, 6.45) is 13.1. The molecule has 21 heavy (non-hydrogen) atoms. The number of phosphoric ester groups is 1. The second-order valence-electron chi connectivity index (χ2n) is 5.57. The fourth-order valence-electron chi connectivity index (χ4n) is 2.24. The molecule has 0 heterocycles. The minimum absolute atomic E-state index is 0.484. The lowest BCUT2D eigenvalue weighted by atomic mass is 10.1. The standard InChI is InChI=1S/C15H33O5P/c1-3-4-5-6-7-8-9-10-11-12-13-14-19-15(2)20-21(16,17)18/h15H,3-14H2,1-2H3,(H2,16,17,18). The molecule has 2 N–H and O–H groups in total. The van der Waals surface area contributed by atoms with Gasteiger partial charge in [-0.1, -0.05) is 71.1 Å². The highest BCUT2D eigenvalue weighted by molar-refractivity contribution is 7.46. The Morgan fingerprint density at radius 3 is 1.71 bits per heavy atom. The van der Waals surface area contributed by atoms with E-state index < -0.39 is 14.1 Å². The van der Waals surface area contributed by atoms with Crippen LogP contribution in [0.2, 0.25) is 0 Å². The van der Waals surface area contributed by atoms with Crippen LogP contribution in [-0.4, -0.2) is 22.7 Å². The van der Waals surface area contributed by atoms with Crippen LogP contribution >= 0.6 is 7.82 Å². The fraction of sp³-hybridized carbons (Fsp3) is 1.00. The van der Waals surface area contributed by atoms with Gasteiger partial charge in [-0.15, -0.1) is 0 Å². The molecular weight excluding hydrogens is 291 g/mol. The Morgan fingerprint density at radius 1 is 0.857 bits per heavy atom. The Balaban J connectivity index is 3.17. The molecule has 6 heteroatoms. The van der Waals surface area contributed by atoms with Crippen molar-refractivity contribution in [2.75, 3.05) is 6.61 Å². The highest BCUT2D eigenvalue weighted by Crippen LogP contribution is 2.37. The van der Waals surface area contributed by atoms with Crippen molar-refractivity contribution in [1.29, 1.82) is 0 Å². The van der Waals surface area contributed by atoms with Gasteiger partial charge >= 0.3 is 7.82 Å². The summed E-state index contributed by atoms with van der Waals surface area (Å²) in [4.78, 5) is 17.2. The molecule has 0 aromatic carbocycles. The third-order valence-electron chi connectivity index (χ3n) is 3.39. The van der Waals surface area contributed by atoms with Gasteiger partial charge in [0.2, 0.25) is 0 Å². The Labute approximate surface area is 129 Å². The summed E-state index contributed by atoms with van der Waals surface area (Å²) in [6.45, 7) is 4.22. The molecule has 0 spiro atoms. The van der Waals surface area contributed by atoms with Crippen LogP contribution in [0, 0.1) is 0 Å². The van der Waals surface area contributed by atoms with Crippen LogP contribution in [0.5, 0.6) is 0 Å². The van der Waals surface area contributed by atoms with Crippen molar-refractivity contribution >= 4 is 7.82 Å². The van der Waals surface area contributed by atoms with Crippen LogP contribution in [0.1, 0.15) is 84.5 Å². The maximum Gasteiger partial charge on any atom is 0.471 e. The van der Waals surface area contributed by atoms with Gasteiger partial charge in [0.25, 0.3) is 0 Å². The maximum atomic E-state index is 10.6. The molecule has 0 saturated carbocycles. The van der Waals surface area contributed by atoms with Crippen molar-refractivity contribution in [2.24, 2.45) is 0 Å². The molecule has 0 bridgehead atoms. The Morgan fingerprint density at radius 2 is 1.29 bits per heavy atom. The van der Waals surface area contributed by atoms with Crippen molar-refractivity contribution in [3.05, 3.63) is 0 Å². The normalized spacial score (nSPS) is 13.5. The van der Waals surface area contributed by atoms with Crippen LogP contribution in [0.25, 0.3) is 0 Å². The lowest BCUT2D eigenvalue weighted by Gasteiger charge is -2.14. The average Bonchev–Trinajstić information content (AvgIpc) is 2.38. The number of ether oxygens (including phenoxy) is 1. The molecule has 0 radical (unpaired) electrons. The first-order valence-corrected chi connectivity index (χ1v) is 9.84. The SMILES string of the molecule is CCCCCCCCCCCCCOC(C)OP(=O)(O)O. The average molecular weight is 324 g/mol. The fourth-order valence-corrected chi connectivity index (χ4v) is 2.69. The zero-order valence-corrected chi connectivity index (χ0v) is 14.5. The van der Waals surface area contributed by atoms with Gasteiger partial charge in [0.1, 0.15) is 0 Å². The molecular formula is C15H33O5P. The van der Waals surface area contributed by atoms with E-state index in [1.165, 1.54) is 64.7 Å². The third-order valence-corrected chi connectivity index (χ3v) is 3.96. The largest absolute Gasteiger partial charge is 0.471 e. The van der Waals surface area contributed by atoms with Crippen LogP contribution < -0.4 is 0 Å². The zero-order valence-electron chi connectivity index (χ0n) is 13.6. The van der Waals surface area contributed by atoms with E-state index in [0.29, 0.717) is 6.61 Å². The van der Waals surface area contributed by atoms with Crippen molar-refractivity contribution in [3.63, 3.8) is 0 Å². The van der Waals surface area contributed by atoms with Crippen LogP contribution in [0.4, 0.5) is 0 Å². The molecule has 0 aliphatic rings. The highest BCUT2D eigenvalue weighted by atomic mass is 31.2. The first-order chi connectivity index (χ1) is 9.95. The minimum Gasteiger partial charge on any atom is -0.352 e. The summed E-state index contributed by atoms with van der Waals surface area (Å²) >= 11 is 0. The van der Waals surface area contributed by atoms with E-state index in [2.05, 4.69) is 11.4 Å². The zero-order chi connectivity index (χ0) is 16.0. The first kappa shape index (κ1) is 21.1. The molecule has 0 rings (SSSR count). The van der Waals surface area contributed by atoms with E-state index in [4.69, 9.17) is 14.5 Å². The van der Waals surface area contributed by atoms with Gasteiger partial charge in [0, 0.05) is 6.61 Å². The van der Waals surface area contributed by atoms with Crippen LogP contribution in [-0.2, 0) is 13.8 Å². The molecule has 0 aromatic rings. The number of unbranched alkanes of at least 4 members (excludes halogenated alkanes) is 10. The van der Waals surface area contributed by atoms with Crippen molar-refractivity contribution in [2.45, 2.75) is 90.8 Å². The van der Waals surface area contributed by atoms with Gasteiger partial charge in [-0.25, -0.2) is 4.57 Å².